The predicted molar refractivity (Wildman–Crippen MR) is 79.6 cm³/mol. The highest BCUT2D eigenvalue weighted by atomic mass is 32.1. The van der Waals surface area contributed by atoms with Crippen molar-refractivity contribution in [3.05, 3.63) is 29.3 Å². The van der Waals surface area contributed by atoms with Gasteiger partial charge < -0.3 is 11.1 Å². The minimum absolute atomic E-state index is 0.422. The van der Waals surface area contributed by atoms with Crippen molar-refractivity contribution in [1.82, 2.24) is 0 Å². The molecule has 0 bridgehead atoms. The number of nitrogens with one attached hydrogen (secondary N) is 1. The monoisotopic (exact) mass is 250 g/mol. The minimum atomic E-state index is 0.422. The Hall–Kier alpha value is -1.09. The molecule has 1 aromatic rings. The summed E-state index contributed by atoms with van der Waals surface area (Å²) >= 11 is 5.09. The second-order valence-electron chi connectivity index (χ2n) is 5.09. The summed E-state index contributed by atoms with van der Waals surface area (Å²) in [6.07, 6.45) is 1.13. The number of anilines is 1. The number of thiocarbonyl (C=S) groups is 1. The third-order valence-electron chi connectivity index (χ3n) is 2.67. The van der Waals surface area contributed by atoms with E-state index in [2.05, 4.69) is 38.2 Å². The Labute approximate surface area is 110 Å². The van der Waals surface area contributed by atoms with Gasteiger partial charge in [0.2, 0.25) is 0 Å². The van der Waals surface area contributed by atoms with Crippen molar-refractivity contribution in [3.8, 4) is 0 Å². The smallest absolute Gasteiger partial charge is 0.106 e. The van der Waals surface area contributed by atoms with Gasteiger partial charge in [0.05, 0.1) is 0 Å². The first kappa shape index (κ1) is 14.0. The van der Waals surface area contributed by atoms with E-state index in [9.17, 15) is 0 Å². The van der Waals surface area contributed by atoms with Crippen molar-refractivity contribution in [2.45, 2.75) is 40.2 Å². The molecule has 0 saturated heterocycles. The number of aryl methyl sites for hydroxylation is 1. The van der Waals surface area contributed by atoms with E-state index in [1.807, 2.05) is 13.0 Å². The molecule has 0 spiro atoms. The van der Waals surface area contributed by atoms with E-state index in [1.165, 1.54) is 5.56 Å². The summed E-state index contributed by atoms with van der Waals surface area (Å²) in [6.45, 7) is 8.68. The molecule has 0 heterocycles. The van der Waals surface area contributed by atoms with Crippen LogP contribution >= 0.6 is 12.2 Å². The van der Waals surface area contributed by atoms with Crippen molar-refractivity contribution < 1.29 is 0 Å². The molecule has 0 aromatic heterocycles. The highest BCUT2D eigenvalue weighted by Gasteiger charge is 2.09. The second-order valence-corrected chi connectivity index (χ2v) is 5.53. The Morgan fingerprint density at radius 3 is 2.53 bits per heavy atom. The molecular formula is C14H22N2S. The van der Waals surface area contributed by atoms with Gasteiger partial charge in [0.1, 0.15) is 4.99 Å². The SMILES string of the molecule is Cc1ccc(NC(C)CC(C)C)c(C(N)=S)c1. The second kappa shape index (κ2) is 6.01. The molecule has 1 unspecified atom stereocenters. The average Bonchev–Trinajstić information content (AvgIpc) is 2.19. The normalized spacial score (nSPS) is 12.5. The van der Waals surface area contributed by atoms with Gasteiger partial charge in [-0.05, 0) is 38.3 Å². The summed E-state index contributed by atoms with van der Waals surface area (Å²) in [5.74, 6) is 0.677. The first-order chi connectivity index (χ1) is 7.90. The minimum Gasteiger partial charge on any atom is -0.389 e. The zero-order chi connectivity index (χ0) is 13.0. The Morgan fingerprint density at radius 1 is 1.35 bits per heavy atom. The van der Waals surface area contributed by atoms with Crippen LogP contribution < -0.4 is 11.1 Å². The molecule has 3 heteroatoms. The predicted octanol–water partition coefficient (Wildman–Crippen LogP) is 3.48. The van der Waals surface area contributed by atoms with Crippen molar-refractivity contribution in [3.63, 3.8) is 0 Å². The van der Waals surface area contributed by atoms with Crippen molar-refractivity contribution in [1.29, 1.82) is 0 Å². The lowest BCUT2D eigenvalue weighted by atomic mass is 10.0. The molecule has 0 aliphatic rings. The van der Waals surface area contributed by atoms with Crippen LogP contribution in [0.5, 0.6) is 0 Å². The standard InChI is InChI=1S/C14H22N2S/c1-9(2)7-11(4)16-13-6-5-10(3)8-12(13)14(15)17/h5-6,8-9,11,16H,7H2,1-4H3,(H2,15,17). The van der Waals surface area contributed by atoms with Crippen molar-refractivity contribution in [2.75, 3.05) is 5.32 Å². The molecule has 17 heavy (non-hydrogen) atoms. The maximum atomic E-state index is 5.75. The first-order valence-electron chi connectivity index (χ1n) is 6.07. The molecule has 3 N–H and O–H groups in total. The van der Waals surface area contributed by atoms with Crippen LogP contribution in [-0.4, -0.2) is 11.0 Å². The van der Waals surface area contributed by atoms with Crippen LogP contribution in [0.15, 0.2) is 18.2 Å². The fourth-order valence-corrected chi connectivity index (χ4v) is 2.19. The molecule has 1 atom stereocenters. The molecule has 1 aromatic carbocycles. The summed E-state index contributed by atoms with van der Waals surface area (Å²) in [5.41, 5.74) is 8.91. The number of hydrogen-bond donors (Lipinski definition) is 2. The molecule has 0 aliphatic carbocycles. The Bertz CT molecular complexity index is 399. The Balaban J connectivity index is 2.86. The van der Waals surface area contributed by atoms with Crippen molar-refractivity contribution >= 4 is 22.9 Å². The van der Waals surface area contributed by atoms with Gasteiger partial charge in [-0.25, -0.2) is 0 Å². The molecule has 2 nitrogen and oxygen atoms in total. The van der Waals surface area contributed by atoms with E-state index < -0.39 is 0 Å². The number of rotatable bonds is 5. The molecule has 94 valence electrons. The fourth-order valence-electron chi connectivity index (χ4n) is 2.02. The molecular weight excluding hydrogens is 228 g/mol. The van der Waals surface area contributed by atoms with Crippen LogP contribution in [0, 0.1) is 12.8 Å². The number of hydrogen-bond acceptors (Lipinski definition) is 2. The lowest BCUT2D eigenvalue weighted by molar-refractivity contribution is 0.540. The Morgan fingerprint density at radius 2 is 2.00 bits per heavy atom. The largest absolute Gasteiger partial charge is 0.389 e. The van der Waals surface area contributed by atoms with Gasteiger partial charge in [0.25, 0.3) is 0 Å². The van der Waals surface area contributed by atoms with Gasteiger partial charge in [-0.2, -0.15) is 0 Å². The number of benzene rings is 1. The average molecular weight is 250 g/mol. The maximum Gasteiger partial charge on any atom is 0.106 e. The third-order valence-corrected chi connectivity index (χ3v) is 2.89. The van der Waals surface area contributed by atoms with E-state index in [4.69, 9.17) is 18.0 Å². The van der Waals surface area contributed by atoms with Crippen molar-refractivity contribution in [2.24, 2.45) is 11.7 Å². The highest BCUT2D eigenvalue weighted by Crippen LogP contribution is 2.20. The topological polar surface area (TPSA) is 38.0 Å². The van der Waals surface area contributed by atoms with Gasteiger partial charge in [-0.15, -0.1) is 0 Å². The quantitative estimate of drug-likeness (QED) is 0.786. The van der Waals surface area contributed by atoms with Crippen LogP contribution in [0.25, 0.3) is 0 Å². The Kier molecular flexibility index (Phi) is 4.94. The van der Waals surface area contributed by atoms with E-state index in [0.717, 1.165) is 17.7 Å². The van der Waals surface area contributed by atoms with Gasteiger partial charge >= 0.3 is 0 Å². The zero-order valence-corrected chi connectivity index (χ0v) is 11.9. The molecule has 0 amide bonds. The van der Waals surface area contributed by atoms with Gasteiger partial charge in [-0.3, -0.25) is 0 Å². The van der Waals surface area contributed by atoms with E-state index >= 15 is 0 Å². The lowest BCUT2D eigenvalue weighted by Gasteiger charge is -2.19. The third kappa shape index (κ3) is 4.35. The van der Waals surface area contributed by atoms with Crippen LogP contribution in [0.3, 0.4) is 0 Å². The van der Waals surface area contributed by atoms with E-state index in [0.29, 0.717) is 16.9 Å². The molecule has 0 radical (unpaired) electrons. The molecule has 0 fully saturated rings. The maximum absolute atomic E-state index is 5.75. The number of nitrogens with two attached hydrogens (primary N) is 1. The summed E-state index contributed by atoms with van der Waals surface area (Å²) in [7, 11) is 0. The first-order valence-corrected chi connectivity index (χ1v) is 6.48. The van der Waals surface area contributed by atoms with Crippen LogP contribution in [0.1, 0.15) is 38.3 Å². The van der Waals surface area contributed by atoms with Crippen LogP contribution in [0.4, 0.5) is 5.69 Å². The highest BCUT2D eigenvalue weighted by molar-refractivity contribution is 7.80. The summed E-state index contributed by atoms with van der Waals surface area (Å²) in [5, 5.41) is 3.48. The van der Waals surface area contributed by atoms with E-state index in [1.54, 1.807) is 0 Å². The fraction of sp³-hybridized carbons (Fsp3) is 0.500. The van der Waals surface area contributed by atoms with E-state index in [-0.39, 0.29) is 0 Å². The summed E-state index contributed by atoms with van der Waals surface area (Å²) in [4.78, 5) is 0.452. The van der Waals surface area contributed by atoms with Gasteiger partial charge in [-0.1, -0.05) is 37.7 Å². The molecule has 0 saturated carbocycles. The van der Waals surface area contributed by atoms with Gasteiger partial charge in [0.15, 0.2) is 0 Å². The molecule has 0 aliphatic heterocycles. The molecule has 1 rings (SSSR count). The lowest BCUT2D eigenvalue weighted by Crippen LogP contribution is -2.21. The summed E-state index contributed by atoms with van der Waals surface area (Å²) in [6, 6.07) is 6.59. The van der Waals surface area contributed by atoms with Gasteiger partial charge in [0, 0.05) is 17.3 Å². The zero-order valence-electron chi connectivity index (χ0n) is 11.1. The van der Waals surface area contributed by atoms with Crippen LogP contribution in [-0.2, 0) is 0 Å². The van der Waals surface area contributed by atoms with Crippen LogP contribution in [0.2, 0.25) is 0 Å². The summed E-state index contributed by atoms with van der Waals surface area (Å²) < 4.78 is 0.